The predicted molar refractivity (Wildman–Crippen MR) is 88.4 cm³/mol. The van der Waals surface area contributed by atoms with Crippen molar-refractivity contribution in [2.45, 2.75) is 26.4 Å². The number of hydrogen-bond donors (Lipinski definition) is 2. The number of phenols is 1. The number of hydrogen-bond acceptors (Lipinski definition) is 5. The summed E-state index contributed by atoms with van der Waals surface area (Å²) < 4.78 is 0. The van der Waals surface area contributed by atoms with Crippen LogP contribution in [-0.2, 0) is 4.84 Å². The fourth-order valence-electron chi connectivity index (χ4n) is 1.80. The second-order valence-corrected chi connectivity index (χ2v) is 5.89. The standard InChI is InChI=1S/C18H18N2O3/c1-5-12-8-9-14(21)13(11-12)16(20-23-18(2,3)4)17-15(22)7-6-10-19-17/h1,6-11,21-22H,2-4H3/b20-16-. The molecule has 0 unspecified atom stereocenters. The van der Waals surface area contributed by atoms with Gasteiger partial charge in [0.2, 0.25) is 0 Å². The van der Waals surface area contributed by atoms with Crippen molar-refractivity contribution in [1.29, 1.82) is 0 Å². The number of benzene rings is 1. The second-order valence-electron chi connectivity index (χ2n) is 5.89. The Hall–Kier alpha value is -3.00. The third-order valence-electron chi connectivity index (χ3n) is 2.84. The number of nitrogens with zero attached hydrogens (tertiary/aromatic N) is 2. The number of terminal acetylenes is 1. The predicted octanol–water partition coefficient (Wildman–Crippen LogP) is 3.04. The third kappa shape index (κ3) is 4.01. The van der Waals surface area contributed by atoms with Gasteiger partial charge < -0.3 is 15.1 Å². The van der Waals surface area contributed by atoms with E-state index in [2.05, 4.69) is 16.1 Å². The molecular formula is C18H18N2O3. The molecule has 5 nitrogen and oxygen atoms in total. The Morgan fingerprint density at radius 3 is 2.57 bits per heavy atom. The van der Waals surface area contributed by atoms with Crippen molar-refractivity contribution in [2.75, 3.05) is 0 Å². The van der Waals surface area contributed by atoms with Crippen molar-refractivity contribution >= 4 is 5.71 Å². The Kier molecular flexibility index (Phi) is 4.56. The Morgan fingerprint density at radius 1 is 1.22 bits per heavy atom. The molecule has 23 heavy (non-hydrogen) atoms. The number of oxime groups is 1. The van der Waals surface area contributed by atoms with Crippen LogP contribution in [0.1, 0.15) is 37.6 Å². The van der Waals surface area contributed by atoms with Crippen LogP contribution in [-0.4, -0.2) is 26.5 Å². The minimum atomic E-state index is -0.547. The van der Waals surface area contributed by atoms with E-state index < -0.39 is 5.60 Å². The molecule has 2 rings (SSSR count). The zero-order chi connectivity index (χ0) is 17.0. The van der Waals surface area contributed by atoms with Gasteiger partial charge in [-0.3, -0.25) is 4.98 Å². The molecule has 0 amide bonds. The molecule has 1 aromatic heterocycles. The van der Waals surface area contributed by atoms with E-state index in [1.807, 2.05) is 20.8 Å². The summed E-state index contributed by atoms with van der Waals surface area (Å²) in [5.74, 6) is 2.39. The zero-order valence-electron chi connectivity index (χ0n) is 13.2. The van der Waals surface area contributed by atoms with Crippen LogP contribution in [0.5, 0.6) is 11.5 Å². The maximum atomic E-state index is 10.2. The average molecular weight is 310 g/mol. The molecule has 118 valence electrons. The van der Waals surface area contributed by atoms with Crippen LogP contribution in [0.25, 0.3) is 0 Å². The van der Waals surface area contributed by atoms with Crippen LogP contribution < -0.4 is 0 Å². The summed E-state index contributed by atoms with van der Waals surface area (Å²) in [5.41, 5.74) is 0.749. The van der Waals surface area contributed by atoms with E-state index in [1.54, 1.807) is 18.2 Å². The topological polar surface area (TPSA) is 74.9 Å². The summed E-state index contributed by atoms with van der Waals surface area (Å²) in [6.07, 6.45) is 6.93. The molecule has 0 aliphatic heterocycles. The van der Waals surface area contributed by atoms with Crippen LogP contribution in [0.4, 0.5) is 0 Å². The molecule has 0 saturated heterocycles. The lowest BCUT2D eigenvalue weighted by Crippen LogP contribution is -2.18. The summed E-state index contributed by atoms with van der Waals surface area (Å²) in [5, 5.41) is 24.3. The summed E-state index contributed by atoms with van der Waals surface area (Å²) in [7, 11) is 0. The third-order valence-corrected chi connectivity index (χ3v) is 2.84. The van der Waals surface area contributed by atoms with E-state index in [-0.39, 0.29) is 22.9 Å². The molecule has 1 heterocycles. The summed E-state index contributed by atoms with van der Waals surface area (Å²) in [6.45, 7) is 5.51. The molecule has 0 spiro atoms. The number of aromatic hydroxyl groups is 2. The van der Waals surface area contributed by atoms with Crippen molar-refractivity contribution in [3.8, 4) is 23.8 Å². The quantitative estimate of drug-likeness (QED) is 0.519. The SMILES string of the molecule is C#Cc1ccc(O)c(/C(=N/OC(C)(C)C)c2ncccc2O)c1. The molecule has 0 atom stereocenters. The molecule has 0 aliphatic carbocycles. The van der Waals surface area contributed by atoms with Gasteiger partial charge in [0.1, 0.15) is 28.5 Å². The van der Waals surface area contributed by atoms with E-state index >= 15 is 0 Å². The largest absolute Gasteiger partial charge is 0.507 e. The molecule has 2 N–H and O–H groups in total. The molecule has 0 aliphatic rings. The second kappa shape index (κ2) is 6.41. The molecule has 0 radical (unpaired) electrons. The van der Waals surface area contributed by atoms with Gasteiger partial charge in [-0.1, -0.05) is 11.1 Å². The number of aromatic nitrogens is 1. The summed E-state index contributed by atoms with van der Waals surface area (Å²) in [6, 6.07) is 7.75. The van der Waals surface area contributed by atoms with Crippen LogP contribution in [0.2, 0.25) is 0 Å². The van der Waals surface area contributed by atoms with Crippen LogP contribution in [0.3, 0.4) is 0 Å². The first-order valence-corrected chi connectivity index (χ1v) is 7.02. The Morgan fingerprint density at radius 2 is 1.96 bits per heavy atom. The fourth-order valence-corrected chi connectivity index (χ4v) is 1.80. The Labute approximate surface area is 135 Å². The van der Waals surface area contributed by atoms with Gasteiger partial charge in [-0.05, 0) is 51.1 Å². The summed E-state index contributed by atoms with van der Waals surface area (Å²) in [4.78, 5) is 9.59. The highest BCUT2D eigenvalue weighted by Gasteiger charge is 2.20. The zero-order valence-corrected chi connectivity index (χ0v) is 13.2. The van der Waals surface area contributed by atoms with E-state index in [4.69, 9.17) is 11.3 Å². The van der Waals surface area contributed by atoms with Gasteiger partial charge in [0.25, 0.3) is 0 Å². The van der Waals surface area contributed by atoms with Gasteiger partial charge in [-0.25, -0.2) is 0 Å². The minimum absolute atomic E-state index is 0.0367. The Balaban J connectivity index is 2.64. The van der Waals surface area contributed by atoms with Crippen molar-refractivity contribution < 1.29 is 15.1 Å². The van der Waals surface area contributed by atoms with Crippen LogP contribution in [0, 0.1) is 12.3 Å². The normalized spacial score (nSPS) is 11.8. The highest BCUT2D eigenvalue weighted by atomic mass is 16.6. The molecule has 0 fully saturated rings. The van der Waals surface area contributed by atoms with Gasteiger partial charge >= 0.3 is 0 Å². The van der Waals surface area contributed by atoms with Crippen LogP contribution >= 0.6 is 0 Å². The van der Waals surface area contributed by atoms with Gasteiger partial charge in [-0.15, -0.1) is 6.42 Å². The first-order chi connectivity index (χ1) is 10.8. The number of pyridine rings is 1. The maximum absolute atomic E-state index is 10.2. The first kappa shape index (κ1) is 16.4. The lowest BCUT2D eigenvalue weighted by molar-refractivity contribution is 0.00109. The minimum Gasteiger partial charge on any atom is -0.507 e. The van der Waals surface area contributed by atoms with E-state index in [0.29, 0.717) is 11.1 Å². The van der Waals surface area contributed by atoms with Crippen LogP contribution in [0.15, 0.2) is 41.7 Å². The van der Waals surface area contributed by atoms with Gasteiger partial charge in [0.15, 0.2) is 0 Å². The van der Waals surface area contributed by atoms with E-state index in [9.17, 15) is 10.2 Å². The lowest BCUT2D eigenvalue weighted by atomic mass is 10.0. The molecule has 1 aromatic carbocycles. The number of phenolic OH excluding ortho intramolecular Hbond substituents is 1. The fraction of sp³-hybridized carbons (Fsp3) is 0.222. The smallest absolute Gasteiger partial charge is 0.143 e. The average Bonchev–Trinajstić information content (AvgIpc) is 2.49. The lowest BCUT2D eigenvalue weighted by Gasteiger charge is -2.17. The number of rotatable bonds is 3. The highest BCUT2D eigenvalue weighted by Crippen LogP contribution is 2.26. The summed E-state index contributed by atoms with van der Waals surface area (Å²) >= 11 is 0. The van der Waals surface area contributed by atoms with Gasteiger partial charge in [0.05, 0.1) is 0 Å². The van der Waals surface area contributed by atoms with Crippen molar-refractivity contribution in [2.24, 2.45) is 5.16 Å². The monoisotopic (exact) mass is 310 g/mol. The molecular weight excluding hydrogens is 292 g/mol. The molecule has 0 bridgehead atoms. The van der Waals surface area contributed by atoms with Gasteiger partial charge in [0, 0.05) is 17.3 Å². The molecule has 2 aromatic rings. The Bertz CT molecular complexity index is 784. The highest BCUT2D eigenvalue weighted by molar-refractivity contribution is 6.14. The van der Waals surface area contributed by atoms with Crippen molar-refractivity contribution in [3.05, 3.63) is 53.3 Å². The van der Waals surface area contributed by atoms with Crippen molar-refractivity contribution in [3.63, 3.8) is 0 Å². The van der Waals surface area contributed by atoms with Gasteiger partial charge in [-0.2, -0.15) is 0 Å². The first-order valence-electron chi connectivity index (χ1n) is 7.02. The van der Waals surface area contributed by atoms with Crippen molar-refractivity contribution in [1.82, 2.24) is 4.98 Å². The molecule has 0 saturated carbocycles. The van der Waals surface area contributed by atoms with E-state index in [0.717, 1.165) is 0 Å². The molecule has 5 heteroatoms. The maximum Gasteiger partial charge on any atom is 0.143 e. The van der Waals surface area contributed by atoms with E-state index in [1.165, 1.54) is 18.3 Å².